The smallest absolute Gasteiger partial charge is 0.184 e. The Balaban J connectivity index is 2.58. The van der Waals surface area contributed by atoms with E-state index in [0.29, 0.717) is 0 Å². The molecule has 0 aromatic carbocycles. The van der Waals surface area contributed by atoms with Gasteiger partial charge in [0, 0.05) is 0 Å². The Hall–Kier alpha value is -0.240. The fourth-order valence-electron chi connectivity index (χ4n) is 0.992. The number of aliphatic hydroxyl groups is 5. The van der Waals surface area contributed by atoms with Crippen LogP contribution < -0.4 is 0 Å². The maximum Gasteiger partial charge on any atom is 0.184 e. The minimum Gasteiger partial charge on any atom is -0.394 e. The molecule has 6 heteroatoms. The second-order valence-electron chi connectivity index (χ2n) is 2.57. The van der Waals surface area contributed by atoms with Crippen molar-refractivity contribution in [3.63, 3.8) is 0 Å². The van der Waals surface area contributed by atoms with Gasteiger partial charge < -0.3 is 30.3 Å². The molecular weight excluding hydrogens is 168 g/mol. The third kappa shape index (κ3) is 1.58. The van der Waals surface area contributed by atoms with Gasteiger partial charge in [-0.25, -0.2) is 0 Å². The SMILES string of the molecule is OC[C@@H](O)[C@H]1OC(O)[C@H](O)[C]1O. The van der Waals surface area contributed by atoms with Gasteiger partial charge in [0.05, 0.1) is 6.61 Å². The summed E-state index contributed by atoms with van der Waals surface area (Å²) < 4.78 is 4.55. The maximum atomic E-state index is 9.04. The van der Waals surface area contributed by atoms with Crippen molar-refractivity contribution in [2.45, 2.75) is 24.6 Å². The summed E-state index contributed by atoms with van der Waals surface area (Å²) in [4.78, 5) is 0. The Kier molecular flexibility index (Phi) is 2.99. The maximum absolute atomic E-state index is 9.04. The molecule has 1 aliphatic rings. The number of hydrogen-bond donors (Lipinski definition) is 5. The summed E-state index contributed by atoms with van der Waals surface area (Å²) >= 11 is 0. The highest BCUT2D eigenvalue weighted by molar-refractivity contribution is 5.03. The predicted octanol–water partition coefficient (Wildman–Crippen LogP) is -2.68. The van der Waals surface area contributed by atoms with Crippen LogP contribution in [0, 0.1) is 6.10 Å². The third-order valence-electron chi connectivity index (χ3n) is 1.69. The Morgan fingerprint density at radius 2 is 2.00 bits per heavy atom. The molecule has 1 heterocycles. The van der Waals surface area contributed by atoms with E-state index in [4.69, 9.17) is 25.5 Å². The van der Waals surface area contributed by atoms with Crippen molar-refractivity contribution in [3.05, 3.63) is 6.10 Å². The highest BCUT2D eigenvalue weighted by atomic mass is 16.6. The van der Waals surface area contributed by atoms with Gasteiger partial charge in [-0.15, -0.1) is 0 Å². The molecule has 0 spiro atoms. The first kappa shape index (κ1) is 9.85. The molecule has 6 nitrogen and oxygen atoms in total. The van der Waals surface area contributed by atoms with Crippen LogP contribution in [0.1, 0.15) is 0 Å². The first-order valence-corrected chi connectivity index (χ1v) is 3.44. The van der Waals surface area contributed by atoms with Gasteiger partial charge in [0.2, 0.25) is 0 Å². The summed E-state index contributed by atoms with van der Waals surface area (Å²) in [7, 11) is 0. The molecule has 1 aliphatic heterocycles. The second-order valence-corrected chi connectivity index (χ2v) is 2.57. The van der Waals surface area contributed by atoms with Crippen molar-refractivity contribution >= 4 is 0 Å². The number of rotatable bonds is 2. The predicted molar refractivity (Wildman–Crippen MR) is 35.2 cm³/mol. The van der Waals surface area contributed by atoms with Crippen LogP contribution in [0.25, 0.3) is 0 Å². The molecule has 0 aromatic rings. The average molecular weight is 179 g/mol. The van der Waals surface area contributed by atoms with Crippen molar-refractivity contribution in [2.24, 2.45) is 0 Å². The van der Waals surface area contributed by atoms with Crippen LogP contribution in [-0.4, -0.2) is 56.7 Å². The molecule has 71 valence electrons. The molecular formula is C6H11O6. The fourth-order valence-corrected chi connectivity index (χ4v) is 0.992. The third-order valence-corrected chi connectivity index (χ3v) is 1.69. The lowest BCUT2D eigenvalue weighted by Crippen LogP contribution is -2.34. The molecule has 12 heavy (non-hydrogen) atoms. The van der Waals surface area contributed by atoms with Crippen LogP contribution in [0.4, 0.5) is 0 Å². The molecule has 0 aliphatic carbocycles. The standard InChI is InChI=1S/C6H11O6/c7-1-2(8)5-3(9)4(10)6(11)12-5/h2,4-11H,1H2/t2-,4-,5-,6?/m1/s1. The van der Waals surface area contributed by atoms with Crippen LogP contribution in [0.2, 0.25) is 0 Å². The van der Waals surface area contributed by atoms with Crippen molar-refractivity contribution < 1.29 is 30.3 Å². The van der Waals surface area contributed by atoms with E-state index in [1.807, 2.05) is 0 Å². The molecule has 5 N–H and O–H groups in total. The van der Waals surface area contributed by atoms with Crippen molar-refractivity contribution in [1.82, 2.24) is 0 Å². The van der Waals surface area contributed by atoms with Crippen LogP contribution in [0.3, 0.4) is 0 Å². The Morgan fingerprint density at radius 1 is 1.42 bits per heavy atom. The topological polar surface area (TPSA) is 110 Å². The first-order chi connectivity index (χ1) is 5.57. The van der Waals surface area contributed by atoms with Gasteiger partial charge in [0.1, 0.15) is 18.3 Å². The zero-order chi connectivity index (χ0) is 9.30. The lowest BCUT2D eigenvalue weighted by atomic mass is 10.1. The van der Waals surface area contributed by atoms with Gasteiger partial charge in [0.25, 0.3) is 0 Å². The van der Waals surface area contributed by atoms with E-state index in [1.165, 1.54) is 0 Å². The molecule has 0 aromatic heterocycles. The number of aliphatic hydroxyl groups excluding tert-OH is 5. The summed E-state index contributed by atoms with van der Waals surface area (Å²) in [6.07, 6.45) is -6.19. The Morgan fingerprint density at radius 3 is 2.33 bits per heavy atom. The van der Waals surface area contributed by atoms with Gasteiger partial charge in [-0.2, -0.15) is 0 Å². The lowest BCUT2D eigenvalue weighted by molar-refractivity contribution is -0.149. The van der Waals surface area contributed by atoms with E-state index in [9.17, 15) is 0 Å². The summed E-state index contributed by atoms with van der Waals surface area (Å²) in [5, 5.41) is 44.3. The van der Waals surface area contributed by atoms with E-state index in [2.05, 4.69) is 4.74 Å². The monoisotopic (exact) mass is 179 g/mol. The van der Waals surface area contributed by atoms with Gasteiger partial charge in [-0.3, -0.25) is 0 Å². The second kappa shape index (κ2) is 3.65. The molecule has 0 saturated carbocycles. The minimum atomic E-state index is -1.55. The molecule has 4 atom stereocenters. The molecule has 0 bridgehead atoms. The molecule has 1 radical (unpaired) electrons. The van der Waals surface area contributed by atoms with E-state index in [1.54, 1.807) is 0 Å². The number of hydrogen-bond acceptors (Lipinski definition) is 6. The van der Waals surface area contributed by atoms with Crippen molar-refractivity contribution in [3.8, 4) is 0 Å². The summed E-state index contributed by atoms with van der Waals surface area (Å²) in [6, 6.07) is 0. The average Bonchev–Trinajstić information content (AvgIpc) is 2.32. The molecule has 1 unspecified atom stereocenters. The Labute approximate surface area is 68.6 Å². The van der Waals surface area contributed by atoms with Gasteiger partial charge in [-0.1, -0.05) is 0 Å². The van der Waals surface area contributed by atoms with E-state index < -0.39 is 37.3 Å². The van der Waals surface area contributed by atoms with Crippen LogP contribution >= 0.6 is 0 Å². The fraction of sp³-hybridized carbons (Fsp3) is 0.833. The normalized spacial score (nSPS) is 40.2. The zero-order valence-electron chi connectivity index (χ0n) is 6.16. The van der Waals surface area contributed by atoms with E-state index in [0.717, 1.165) is 0 Å². The molecule has 1 rings (SSSR count). The minimum absolute atomic E-state index is 0.566. The largest absolute Gasteiger partial charge is 0.394 e. The molecule has 0 amide bonds. The van der Waals surface area contributed by atoms with Crippen LogP contribution in [0.5, 0.6) is 0 Å². The van der Waals surface area contributed by atoms with Gasteiger partial charge >= 0.3 is 0 Å². The van der Waals surface area contributed by atoms with Crippen molar-refractivity contribution in [1.29, 1.82) is 0 Å². The highest BCUT2D eigenvalue weighted by Gasteiger charge is 2.46. The first-order valence-electron chi connectivity index (χ1n) is 3.44. The highest BCUT2D eigenvalue weighted by Crippen LogP contribution is 2.27. The van der Waals surface area contributed by atoms with E-state index in [-0.39, 0.29) is 0 Å². The zero-order valence-corrected chi connectivity index (χ0v) is 6.16. The van der Waals surface area contributed by atoms with Gasteiger partial charge in [-0.05, 0) is 0 Å². The lowest BCUT2D eigenvalue weighted by Gasteiger charge is -2.17. The summed E-state index contributed by atoms with van der Waals surface area (Å²) in [5.74, 6) is 0. The van der Waals surface area contributed by atoms with Crippen LogP contribution in [-0.2, 0) is 4.74 Å². The van der Waals surface area contributed by atoms with Crippen molar-refractivity contribution in [2.75, 3.05) is 6.61 Å². The molecule has 1 fully saturated rings. The van der Waals surface area contributed by atoms with Gasteiger partial charge in [0.15, 0.2) is 12.4 Å². The quantitative estimate of drug-likeness (QED) is 0.316. The number of ether oxygens (including phenoxy) is 1. The molecule has 1 saturated heterocycles. The van der Waals surface area contributed by atoms with Crippen LogP contribution in [0.15, 0.2) is 0 Å². The summed E-state index contributed by atoms with van der Waals surface area (Å²) in [5.41, 5.74) is 0. The van der Waals surface area contributed by atoms with E-state index >= 15 is 0 Å². The summed E-state index contributed by atoms with van der Waals surface area (Å²) in [6.45, 7) is -0.617. The Bertz CT molecular complexity index is 151.